The van der Waals surface area contributed by atoms with E-state index in [1.165, 1.54) is 283 Å². The van der Waals surface area contributed by atoms with Gasteiger partial charge in [0.25, 0.3) is 0 Å². The molecule has 0 aliphatic heterocycles. The van der Waals surface area contributed by atoms with Gasteiger partial charge in [0.1, 0.15) is 0 Å². The molecule has 0 aromatic rings. The topological polar surface area (TPSA) is 95.9 Å². The summed E-state index contributed by atoms with van der Waals surface area (Å²) < 4.78 is 5.47. The van der Waals surface area contributed by atoms with Crippen LogP contribution in [-0.4, -0.2) is 47.4 Å². The number of unbranched alkanes of at least 4 members (excludes halogenated alkanes) is 46. The highest BCUT2D eigenvalue weighted by Gasteiger charge is 2.20. The van der Waals surface area contributed by atoms with Crippen LogP contribution in [0.1, 0.15) is 367 Å². The zero-order valence-corrected chi connectivity index (χ0v) is 50.5. The van der Waals surface area contributed by atoms with E-state index in [0.717, 1.165) is 51.4 Å². The second-order valence-electron chi connectivity index (χ2n) is 23.1. The smallest absolute Gasteiger partial charge is 0.305 e. The fraction of sp³-hybridized carbons (Fsp3) is 0.884. The van der Waals surface area contributed by atoms with Crippen molar-refractivity contribution in [2.24, 2.45) is 0 Å². The van der Waals surface area contributed by atoms with E-state index >= 15 is 0 Å². The minimum Gasteiger partial charge on any atom is -0.466 e. The molecule has 0 rings (SSSR count). The van der Waals surface area contributed by atoms with Crippen LogP contribution in [0, 0.1) is 0 Å². The summed E-state index contributed by atoms with van der Waals surface area (Å²) in [6.07, 6.45) is 81.7. The summed E-state index contributed by atoms with van der Waals surface area (Å²) in [6.45, 7) is 4.93. The third-order valence-electron chi connectivity index (χ3n) is 15.7. The van der Waals surface area contributed by atoms with Crippen molar-refractivity contribution in [3.05, 3.63) is 36.5 Å². The zero-order chi connectivity index (χ0) is 54.3. The lowest BCUT2D eigenvalue weighted by Gasteiger charge is -2.22. The first-order valence-corrected chi connectivity index (χ1v) is 33.7. The normalized spacial score (nSPS) is 12.7. The van der Waals surface area contributed by atoms with Gasteiger partial charge in [0.2, 0.25) is 5.91 Å². The Balaban J connectivity index is 3.42. The quantitative estimate of drug-likeness (QED) is 0.0320. The molecule has 0 aliphatic carbocycles. The minimum absolute atomic E-state index is 0.00421. The summed E-state index contributed by atoms with van der Waals surface area (Å²) in [5.41, 5.74) is 0. The van der Waals surface area contributed by atoms with Gasteiger partial charge in [0.15, 0.2) is 0 Å². The largest absolute Gasteiger partial charge is 0.466 e. The molecule has 0 aromatic heterocycles. The van der Waals surface area contributed by atoms with Crippen molar-refractivity contribution in [1.82, 2.24) is 5.32 Å². The van der Waals surface area contributed by atoms with Gasteiger partial charge in [-0.2, -0.15) is 0 Å². The van der Waals surface area contributed by atoms with Crippen molar-refractivity contribution in [1.29, 1.82) is 0 Å². The standard InChI is InChI=1S/C69H131NO5/c1-3-5-7-9-11-13-15-17-19-20-21-22-25-28-31-34-37-41-45-49-53-57-61-67(72)66(65-71)70-68(73)62-58-54-50-46-42-38-35-32-29-26-23-24-27-30-33-36-40-44-48-52-56-60-64-75-69(74)63-59-55-51-47-43-39-18-16-14-12-10-8-6-4-2/h10,12,16,18,26,29,66-67,71-72H,3-9,11,13-15,17,19-25,27-28,30-65H2,1-2H3,(H,70,73)/b12-10-,18-16-,29-26-. The molecule has 0 aromatic carbocycles. The molecule has 3 N–H and O–H groups in total. The average molecular weight is 1050 g/mol. The molecule has 0 saturated carbocycles. The number of aliphatic hydroxyl groups excluding tert-OH is 2. The van der Waals surface area contributed by atoms with E-state index in [1.54, 1.807) is 0 Å². The molecule has 0 spiro atoms. The molecule has 6 nitrogen and oxygen atoms in total. The molecule has 6 heteroatoms. The van der Waals surface area contributed by atoms with E-state index < -0.39 is 12.1 Å². The number of ether oxygens (including phenoxy) is 1. The molecule has 442 valence electrons. The molecule has 2 atom stereocenters. The number of carbonyl (C=O) groups excluding carboxylic acids is 2. The second kappa shape index (κ2) is 64.6. The van der Waals surface area contributed by atoms with E-state index in [4.69, 9.17) is 4.74 Å². The Hall–Kier alpha value is -1.92. The number of hydrogen-bond acceptors (Lipinski definition) is 5. The fourth-order valence-electron chi connectivity index (χ4n) is 10.5. The first-order valence-electron chi connectivity index (χ1n) is 33.7. The molecular weight excluding hydrogens is 923 g/mol. The Morgan fingerprint density at radius 1 is 0.373 bits per heavy atom. The minimum atomic E-state index is -0.670. The van der Waals surface area contributed by atoms with Gasteiger partial charge in [-0.3, -0.25) is 9.59 Å². The highest BCUT2D eigenvalue weighted by Crippen LogP contribution is 2.18. The van der Waals surface area contributed by atoms with Gasteiger partial charge in [0.05, 0.1) is 25.4 Å². The van der Waals surface area contributed by atoms with E-state index in [0.29, 0.717) is 25.9 Å². The zero-order valence-electron chi connectivity index (χ0n) is 50.5. The SMILES string of the molecule is CCCC/C=C\C/C=C\CCCCCCCC(=O)OCCCCCCCCCCCCC/C=C\CCCCCCCCCC(=O)NC(CO)C(O)CCCCCCCCCCCCCCCCCCCCCCCC. The summed E-state index contributed by atoms with van der Waals surface area (Å²) >= 11 is 0. The first-order chi connectivity index (χ1) is 37.0. The summed E-state index contributed by atoms with van der Waals surface area (Å²) in [4.78, 5) is 24.6. The van der Waals surface area contributed by atoms with E-state index in [-0.39, 0.29) is 18.5 Å². The molecule has 1 amide bonds. The Morgan fingerprint density at radius 2 is 0.680 bits per heavy atom. The van der Waals surface area contributed by atoms with Crippen LogP contribution < -0.4 is 5.32 Å². The molecule has 0 bridgehead atoms. The highest BCUT2D eigenvalue weighted by molar-refractivity contribution is 5.76. The van der Waals surface area contributed by atoms with Gasteiger partial charge < -0.3 is 20.3 Å². The number of rotatable bonds is 63. The molecule has 0 saturated heterocycles. The number of carbonyl (C=O) groups is 2. The molecule has 75 heavy (non-hydrogen) atoms. The lowest BCUT2D eigenvalue weighted by Crippen LogP contribution is -2.45. The molecule has 0 aliphatic rings. The number of aliphatic hydroxyl groups is 2. The van der Waals surface area contributed by atoms with Crippen LogP contribution in [0.15, 0.2) is 36.5 Å². The Labute approximate surface area is 468 Å². The molecule has 0 fully saturated rings. The van der Waals surface area contributed by atoms with Crippen molar-refractivity contribution >= 4 is 11.9 Å². The summed E-state index contributed by atoms with van der Waals surface area (Å²) in [5.74, 6) is -0.0429. The predicted molar refractivity (Wildman–Crippen MR) is 329 cm³/mol. The number of nitrogens with one attached hydrogen (secondary N) is 1. The maximum absolute atomic E-state index is 12.5. The molecule has 2 unspecified atom stereocenters. The van der Waals surface area contributed by atoms with Crippen molar-refractivity contribution in [2.45, 2.75) is 379 Å². The third-order valence-corrected chi connectivity index (χ3v) is 15.7. The number of esters is 1. The van der Waals surface area contributed by atoms with E-state index in [9.17, 15) is 19.8 Å². The van der Waals surface area contributed by atoms with E-state index in [2.05, 4.69) is 55.6 Å². The third kappa shape index (κ3) is 61.2. The van der Waals surface area contributed by atoms with Crippen LogP contribution in [-0.2, 0) is 14.3 Å². The summed E-state index contributed by atoms with van der Waals surface area (Å²) in [5, 5.41) is 23.4. The van der Waals surface area contributed by atoms with Gasteiger partial charge in [-0.05, 0) is 77.0 Å². The predicted octanol–water partition coefficient (Wildman–Crippen LogP) is 21.5. The van der Waals surface area contributed by atoms with Crippen LogP contribution in [0.4, 0.5) is 0 Å². The number of allylic oxidation sites excluding steroid dienone is 6. The highest BCUT2D eigenvalue weighted by atomic mass is 16.5. The number of amides is 1. The van der Waals surface area contributed by atoms with Crippen molar-refractivity contribution in [3.8, 4) is 0 Å². The Morgan fingerprint density at radius 3 is 1.07 bits per heavy atom. The lowest BCUT2D eigenvalue weighted by molar-refractivity contribution is -0.143. The summed E-state index contributed by atoms with van der Waals surface area (Å²) in [7, 11) is 0. The van der Waals surface area contributed by atoms with Gasteiger partial charge in [-0.15, -0.1) is 0 Å². The van der Waals surface area contributed by atoms with Crippen LogP contribution in [0.5, 0.6) is 0 Å². The maximum atomic E-state index is 12.5. The summed E-state index contributed by atoms with van der Waals surface area (Å²) in [6, 6.07) is -0.548. The molecule has 0 heterocycles. The maximum Gasteiger partial charge on any atom is 0.305 e. The Bertz CT molecular complexity index is 1210. The van der Waals surface area contributed by atoms with Crippen LogP contribution in [0.3, 0.4) is 0 Å². The molecular formula is C69H131NO5. The second-order valence-corrected chi connectivity index (χ2v) is 23.1. The van der Waals surface area contributed by atoms with Gasteiger partial charge in [-0.1, -0.05) is 314 Å². The Kier molecular flexibility index (Phi) is 63.0. The number of hydrogen-bond donors (Lipinski definition) is 3. The monoisotopic (exact) mass is 1050 g/mol. The van der Waals surface area contributed by atoms with Crippen molar-refractivity contribution in [3.63, 3.8) is 0 Å². The fourth-order valence-corrected chi connectivity index (χ4v) is 10.5. The van der Waals surface area contributed by atoms with Crippen molar-refractivity contribution < 1.29 is 24.5 Å². The van der Waals surface area contributed by atoms with E-state index in [1.807, 2.05) is 0 Å². The van der Waals surface area contributed by atoms with Gasteiger partial charge in [-0.25, -0.2) is 0 Å². The van der Waals surface area contributed by atoms with Gasteiger partial charge >= 0.3 is 5.97 Å². The average Bonchev–Trinajstić information content (AvgIpc) is 3.41. The van der Waals surface area contributed by atoms with Crippen LogP contribution in [0.2, 0.25) is 0 Å². The molecule has 0 radical (unpaired) electrons. The van der Waals surface area contributed by atoms with Crippen LogP contribution >= 0.6 is 0 Å². The van der Waals surface area contributed by atoms with Gasteiger partial charge in [0, 0.05) is 12.8 Å². The first kappa shape index (κ1) is 73.1. The lowest BCUT2D eigenvalue weighted by atomic mass is 10.0. The van der Waals surface area contributed by atoms with Crippen molar-refractivity contribution in [2.75, 3.05) is 13.2 Å². The van der Waals surface area contributed by atoms with Crippen LogP contribution in [0.25, 0.3) is 0 Å².